The number of carbonyl (C=O) groups excluding carboxylic acids is 1. The van der Waals surface area contributed by atoms with Crippen molar-refractivity contribution in [3.05, 3.63) is 34.9 Å². The molecule has 0 atom stereocenters. The standard InChI is InChI=1S/C16H23NO3/c1-11-6-7-12(2)13(8-11)16(19)9-17(10-16)14(18)20-15(3,4)5/h6-8,19H,9-10H2,1-5H3. The van der Waals surface area contributed by atoms with Crippen LogP contribution in [0.5, 0.6) is 0 Å². The molecule has 0 spiro atoms. The van der Waals surface area contributed by atoms with E-state index in [1.165, 1.54) is 4.90 Å². The zero-order chi connectivity index (χ0) is 15.1. The van der Waals surface area contributed by atoms with Crippen LogP contribution < -0.4 is 0 Å². The average molecular weight is 277 g/mol. The predicted molar refractivity (Wildman–Crippen MR) is 77.6 cm³/mol. The van der Waals surface area contributed by atoms with Crippen LogP contribution in [0.15, 0.2) is 18.2 Å². The lowest BCUT2D eigenvalue weighted by Gasteiger charge is -2.47. The summed E-state index contributed by atoms with van der Waals surface area (Å²) in [5, 5.41) is 10.7. The first-order chi connectivity index (χ1) is 9.11. The minimum Gasteiger partial charge on any atom is -0.444 e. The van der Waals surface area contributed by atoms with E-state index in [1.54, 1.807) is 0 Å². The molecule has 0 bridgehead atoms. The molecule has 20 heavy (non-hydrogen) atoms. The summed E-state index contributed by atoms with van der Waals surface area (Å²) in [5.41, 5.74) is 1.59. The van der Waals surface area contributed by atoms with Crippen LogP contribution in [-0.4, -0.2) is 34.8 Å². The van der Waals surface area contributed by atoms with Gasteiger partial charge in [-0.1, -0.05) is 23.8 Å². The first-order valence-electron chi connectivity index (χ1n) is 6.89. The van der Waals surface area contributed by atoms with Gasteiger partial charge in [-0.15, -0.1) is 0 Å². The molecule has 0 radical (unpaired) electrons. The summed E-state index contributed by atoms with van der Waals surface area (Å²) in [5.74, 6) is 0. The molecule has 1 aliphatic rings. The number of ether oxygens (including phenoxy) is 1. The zero-order valence-electron chi connectivity index (χ0n) is 12.9. The topological polar surface area (TPSA) is 49.8 Å². The highest BCUT2D eigenvalue weighted by atomic mass is 16.6. The van der Waals surface area contributed by atoms with Crippen molar-refractivity contribution in [1.29, 1.82) is 0 Å². The third-order valence-corrected chi connectivity index (χ3v) is 3.45. The number of amides is 1. The van der Waals surface area contributed by atoms with Crippen molar-refractivity contribution < 1.29 is 14.6 Å². The van der Waals surface area contributed by atoms with E-state index >= 15 is 0 Å². The first kappa shape index (κ1) is 14.9. The van der Waals surface area contributed by atoms with Crippen molar-refractivity contribution in [3.63, 3.8) is 0 Å². The zero-order valence-corrected chi connectivity index (χ0v) is 12.9. The highest BCUT2D eigenvalue weighted by Gasteiger charge is 2.47. The molecule has 1 fully saturated rings. The molecule has 0 aliphatic carbocycles. The van der Waals surface area contributed by atoms with Crippen LogP contribution in [-0.2, 0) is 10.3 Å². The number of β-amino-alcohol motifs (C(OH)–C–C–N with tert-alkyl or cyclic N) is 1. The van der Waals surface area contributed by atoms with Crippen LogP contribution in [0.4, 0.5) is 4.79 Å². The molecule has 4 heteroatoms. The van der Waals surface area contributed by atoms with Gasteiger partial charge in [0.25, 0.3) is 0 Å². The Bertz CT molecular complexity index is 525. The highest BCUT2D eigenvalue weighted by Crippen LogP contribution is 2.35. The smallest absolute Gasteiger partial charge is 0.410 e. The van der Waals surface area contributed by atoms with Crippen molar-refractivity contribution in [2.24, 2.45) is 0 Å². The molecule has 2 rings (SSSR count). The lowest BCUT2D eigenvalue weighted by molar-refractivity contribution is -0.104. The van der Waals surface area contributed by atoms with Gasteiger partial charge in [0.05, 0.1) is 13.1 Å². The minimum atomic E-state index is -0.951. The monoisotopic (exact) mass is 277 g/mol. The number of aryl methyl sites for hydroxylation is 2. The molecule has 1 N–H and O–H groups in total. The first-order valence-corrected chi connectivity index (χ1v) is 6.89. The van der Waals surface area contributed by atoms with E-state index in [9.17, 15) is 9.90 Å². The molecule has 1 heterocycles. The quantitative estimate of drug-likeness (QED) is 0.858. The molecule has 1 aromatic carbocycles. The highest BCUT2D eigenvalue weighted by molar-refractivity contribution is 5.70. The molecule has 1 aromatic rings. The fraction of sp³-hybridized carbons (Fsp3) is 0.562. The maximum absolute atomic E-state index is 11.9. The maximum Gasteiger partial charge on any atom is 0.410 e. The molecule has 1 saturated heterocycles. The van der Waals surface area contributed by atoms with Gasteiger partial charge in [0.1, 0.15) is 11.2 Å². The van der Waals surface area contributed by atoms with Gasteiger partial charge in [0.2, 0.25) is 0 Å². The van der Waals surface area contributed by atoms with Crippen molar-refractivity contribution in [3.8, 4) is 0 Å². The van der Waals surface area contributed by atoms with Crippen molar-refractivity contribution >= 4 is 6.09 Å². The van der Waals surface area contributed by atoms with E-state index < -0.39 is 11.2 Å². The van der Waals surface area contributed by atoms with E-state index in [2.05, 4.69) is 0 Å². The Morgan fingerprint density at radius 3 is 2.45 bits per heavy atom. The van der Waals surface area contributed by atoms with E-state index in [-0.39, 0.29) is 19.2 Å². The van der Waals surface area contributed by atoms with Crippen LogP contribution in [0, 0.1) is 13.8 Å². The largest absolute Gasteiger partial charge is 0.444 e. The van der Waals surface area contributed by atoms with Crippen molar-refractivity contribution in [2.45, 2.75) is 45.8 Å². The number of hydrogen-bond donors (Lipinski definition) is 1. The summed E-state index contributed by atoms with van der Waals surface area (Å²) in [7, 11) is 0. The molecule has 110 valence electrons. The lowest BCUT2D eigenvalue weighted by Crippen LogP contribution is -2.62. The van der Waals surface area contributed by atoms with Crippen LogP contribution in [0.25, 0.3) is 0 Å². The Hall–Kier alpha value is -1.55. The van der Waals surface area contributed by atoms with Crippen molar-refractivity contribution in [1.82, 2.24) is 4.90 Å². The molecular weight excluding hydrogens is 254 g/mol. The average Bonchev–Trinajstić information content (AvgIpc) is 2.25. The summed E-state index contributed by atoms with van der Waals surface area (Å²) in [6, 6.07) is 6.01. The summed E-state index contributed by atoms with van der Waals surface area (Å²) < 4.78 is 5.30. The number of likely N-dealkylation sites (tertiary alicyclic amines) is 1. The summed E-state index contributed by atoms with van der Waals surface area (Å²) in [6.07, 6.45) is -0.368. The number of benzene rings is 1. The van der Waals surface area contributed by atoms with Gasteiger partial charge >= 0.3 is 6.09 Å². The predicted octanol–water partition coefficient (Wildman–Crippen LogP) is 2.74. The van der Waals surface area contributed by atoms with Gasteiger partial charge in [-0.25, -0.2) is 4.79 Å². The number of hydrogen-bond acceptors (Lipinski definition) is 3. The SMILES string of the molecule is Cc1ccc(C)c(C2(O)CN(C(=O)OC(C)(C)C)C2)c1. The Kier molecular flexibility index (Phi) is 3.54. The number of carbonyl (C=O) groups is 1. The molecule has 1 aliphatic heterocycles. The van der Waals surface area contributed by atoms with E-state index in [1.807, 2.05) is 52.8 Å². The van der Waals surface area contributed by atoms with Crippen molar-refractivity contribution in [2.75, 3.05) is 13.1 Å². The third-order valence-electron chi connectivity index (χ3n) is 3.45. The second-order valence-corrected chi connectivity index (χ2v) is 6.69. The van der Waals surface area contributed by atoms with Crippen LogP contribution in [0.3, 0.4) is 0 Å². The molecular formula is C16H23NO3. The fourth-order valence-corrected chi connectivity index (χ4v) is 2.45. The van der Waals surface area contributed by atoms with Crippen LogP contribution >= 0.6 is 0 Å². The normalized spacial score (nSPS) is 17.6. The summed E-state index contributed by atoms with van der Waals surface area (Å²) >= 11 is 0. The van der Waals surface area contributed by atoms with Crippen LogP contribution in [0.1, 0.15) is 37.5 Å². The summed E-state index contributed by atoms with van der Waals surface area (Å²) in [4.78, 5) is 13.4. The molecule has 0 unspecified atom stereocenters. The Morgan fingerprint density at radius 2 is 1.90 bits per heavy atom. The Labute approximate surface area is 120 Å². The fourth-order valence-electron chi connectivity index (χ4n) is 2.45. The van der Waals surface area contributed by atoms with E-state index in [0.717, 1.165) is 16.7 Å². The van der Waals surface area contributed by atoms with Gasteiger partial charge < -0.3 is 14.7 Å². The van der Waals surface area contributed by atoms with E-state index in [4.69, 9.17) is 4.74 Å². The molecule has 1 amide bonds. The van der Waals surface area contributed by atoms with Gasteiger partial charge in [-0.2, -0.15) is 0 Å². The lowest BCUT2D eigenvalue weighted by atomic mass is 9.83. The third kappa shape index (κ3) is 2.96. The maximum atomic E-state index is 11.9. The second-order valence-electron chi connectivity index (χ2n) is 6.69. The van der Waals surface area contributed by atoms with Gasteiger partial charge in [-0.05, 0) is 45.7 Å². The Morgan fingerprint density at radius 1 is 1.30 bits per heavy atom. The molecule has 4 nitrogen and oxygen atoms in total. The molecule has 0 saturated carbocycles. The number of aliphatic hydroxyl groups is 1. The van der Waals surface area contributed by atoms with Crippen LogP contribution in [0.2, 0.25) is 0 Å². The van der Waals surface area contributed by atoms with Gasteiger partial charge in [0.15, 0.2) is 0 Å². The molecule has 0 aromatic heterocycles. The Balaban J connectivity index is 2.07. The number of nitrogens with zero attached hydrogens (tertiary/aromatic N) is 1. The minimum absolute atomic E-state index is 0.284. The van der Waals surface area contributed by atoms with Gasteiger partial charge in [-0.3, -0.25) is 0 Å². The summed E-state index contributed by atoms with van der Waals surface area (Å²) in [6.45, 7) is 10.0. The van der Waals surface area contributed by atoms with E-state index in [0.29, 0.717) is 0 Å². The van der Waals surface area contributed by atoms with Gasteiger partial charge in [0, 0.05) is 0 Å². The number of rotatable bonds is 1. The second kappa shape index (κ2) is 4.77.